The first-order valence-electron chi connectivity index (χ1n) is 4.51. The zero-order valence-electron chi connectivity index (χ0n) is 7.44. The van der Waals surface area contributed by atoms with Crippen LogP contribution in [-0.2, 0) is 0 Å². The Labute approximate surface area is 81.7 Å². The van der Waals surface area contributed by atoms with Gasteiger partial charge in [-0.3, -0.25) is 0 Å². The Morgan fingerprint density at radius 2 is 2.31 bits per heavy atom. The highest BCUT2D eigenvalue weighted by Crippen LogP contribution is 2.39. The van der Waals surface area contributed by atoms with Gasteiger partial charge in [0.2, 0.25) is 5.13 Å². The van der Waals surface area contributed by atoms with Crippen molar-refractivity contribution in [3.8, 4) is 0 Å². The smallest absolute Gasteiger partial charge is 0.203 e. The normalized spacial score (nSPS) is 27.7. The van der Waals surface area contributed by atoms with Crippen LogP contribution in [0.1, 0.15) is 30.2 Å². The Hall–Kier alpha value is -0.900. The number of allylic oxidation sites excluding steroid dienone is 1. The molecule has 4 heteroatoms. The molecule has 0 radical (unpaired) electrons. The molecule has 0 saturated heterocycles. The molecule has 2 unspecified atom stereocenters. The Morgan fingerprint density at radius 1 is 1.46 bits per heavy atom. The van der Waals surface area contributed by atoms with Gasteiger partial charge in [0, 0.05) is 5.92 Å². The third-order valence-electron chi connectivity index (χ3n) is 2.61. The van der Waals surface area contributed by atoms with Crippen LogP contribution in [0.2, 0.25) is 0 Å². The summed E-state index contributed by atoms with van der Waals surface area (Å²) in [5.74, 6) is 1.23. The van der Waals surface area contributed by atoms with E-state index in [-0.39, 0.29) is 0 Å². The van der Waals surface area contributed by atoms with Gasteiger partial charge in [0.25, 0.3) is 0 Å². The third-order valence-corrected chi connectivity index (χ3v) is 3.53. The number of nitrogens with two attached hydrogens (primary N) is 1. The van der Waals surface area contributed by atoms with Crippen LogP contribution < -0.4 is 5.73 Å². The molecule has 3 nitrogen and oxygen atoms in total. The van der Waals surface area contributed by atoms with Crippen molar-refractivity contribution in [2.24, 2.45) is 5.92 Å². The molecule has 0 spiro atoms. The minimum atomic E-state index is 0.567. The van der Waals surface area contributed by atoms with E-state index in [4.69, 9.17) is 5.73 Å². The van der Waals surface area contributed by atoms with Gasteiger partial charge >= 0.3 is 0 Å². The maximum atomic E-state index is 5.54. The Bertz CT molecular complexity index is 308. The third kappa shape index (κ3) is 1.72. The van der Waals surface area contributed by atoms with Crippen LogP contribution in [0.3, 0.4) is 0 Å². The van der Waals surface area contributed by atoms with E-state index in [9.17, 15) is 0 Å². The molecule has 1 saturated carbocycles. The zero-order valence-corrected chi connectivity index (χ0v) is 8.26. The van der Waals surface area contributed by atoms with Crippen molar-refractivity contribution in [1.82, 2.24) is 10.2 Å². The average molecular weight is 195 g/mol. The number of nitrogens with zero attached hydrogens (tertiary/aromatic N) is 2. The largest absolute Gasteiger partial charge is 0.374 e. The first-order valence-corrected chi connectivity index (χ1v) is 5.32. The van der Waals surface area contributed by atoms with Crippen molar-refractivity contribution < 1.29 is 0 Å². The number of rotatable bonds is 2. The highest BCUT2D eigenvalue weighted by molar-refractivity contribution is 7.15. The average Bonchev–Trinajstić information content (AvgIpc) is 2.71. The van der Waals surface area contributed by atoms with Crippen LogP contribution in [0.4, 0.5) is 5.13 Å². The number of nitrogen functional groups attached to an aromatic ring is 1. The second-order valence-electron chi connectivity index (χ2n) is 3.48. The van der Waals surface area contributed by atoms with Gasteiger partial charge in [0.15, 0.2) is 0 Å². The molecule has 13 heavy (non-hydrogen) atoms. The van der Waals surface area contributed by atoms with Crippen molar-refractivity contribution in [3.05, 3.63) is 17.7 Å². The summed E-state index contributed by atoms with van der Waals surface area (Å²) >= 11 is 1.52. The summed E-state index contributed by atoms with van der Waals surface area (Å²) in [6.07, 6.45) is 5.64. The first kappa shape index (κ1) is 8.69. The second kappa shape index (κ2) is 3.46. The molecular weight excluding hydrogens is 182 g/mol. The SMILES string of the molecule is C=CC1CCC(c2nnc(N)s2)C1. The van der Waals surface area contributed by atoms with Gasteiger partial charge in [0.1, 0.15) is 5.01 Å². The highest BCUT2D eigenvalue weighted by atomic mass is 32.1. The highest BCUT2D eigenvalue weighted by Gasteiger charge is 2.26. The van der Waals surface area contributed by atoms with E-state index in [0.29, 0.717) is 17.0 Å². The predicted octanol–water partition coefficient (Wildman–Crippen LogP) is 2.19. The van der Waals surface area contributed by atoms with E-state index in [2.05, 4.69) is 16.8 Å². The number of aromatic nitrogens is 2. The molecule has 0 aromatic carbocycles. The van der Waals surface area contributed by atoms with Gasteiger partial charge < -0.3 is 5.73 Å². The van der Waals surface area contributed by atoms with Crippen LogP contribution in [0.15, 0.2) is 12.7 Å². The van der Waals surface area contributed by atoms with E-state index >= 15 is 0 Å². The zero-order chi connectivity index (χ0) is 9.26. The summed E-state index contributed by atoms with van der Waals surface area (Å²) in [6.45, 7) is 3.82. The van der Waals surface area contributed by atoms with Gasteiger partial charge in [0.05, 0.1) is 0 Å². The molecular formula is C9H13N3S. The summed E-state index contributed by atoms with van der Waals surface area (Å²) < 4.78 is 0. The monoisotopic (exact) mass is 195 g/mol. The standard InChI is InChI=1S/C9H13N3S/c1-2-6-3-4-7(5-6)8-11-12-9(10)13-8/h2,6-7H,1,3-5H2,(H2,10,12). The summed E-state index contributed by atoms with van der Waals surface area (Å²) in [7, 11) is 0. The lowest BCUT2D eigenvalue weighted by molar-refractivity contribution is 0.654. The van der Waals surface area contributed by atoms with Gasteiger partial charge in [-0.05, 0) is 25.2 Å². The van der Waals surface area contributed by atoms with Crippen molar-refractivity contribution in [3.63, 3.8) is 0 Å². The number of anilines is 1. The molecule has 1 heterocycles. The second-order valence-corrected chi connectivity index (χ2v) is 4.52. The number of hydrogen-bond acceptors (Lipinski definition) is 4. The molecule has 0 aliphatic heterocycles. The Morgan fingerprint density at radius 3 is 2.85 bits per heavy atom. The van der Waals surface area contributed by atoms with E-state index in [1.807, 2.05) is 6.08 Å². The minimum Gasteiger partial charge on any atom is -0.374 e. The maximum Gasteiger partial charge on any atom is 0.203 e. The fourth-order valence-electron chi connectivity index (χ4n) is 1.87. The fraction of sp³-hybridized carbons (Fsp3) is 0.556. The summed E-state index contributed by atoms with van der Waals surface area (Å²) in [4.78, 5) is 0. The Balaban J connectivity index is 2.07. The molecule has 1 aliphatic rings. The van der Waals surface area contributed by atoms with Gasteiger partial charge in [-0.2, -0.15) is 0 Å². The summed E-state index contributed by atoms with van der Waals surface area (Å²) in [5.41, 5.74) is 5.54. The molecule has 70 valence electrons. The van der Waals surface area contributed by atoms with Crippen LogP contribution in [0.25, 0.3) is 0 Å². The van der Waals surface area contributed by atoms with Crippen LogP contribution in [0.5, 0.6) is 0 Å². The van der Waals surface area contributed by atoms with Crippen LogP contribution >= 0.6 is 11.3 Å². The molecule has 1 fully saturated rings. The topological polar surface area (TPSA) is 51.8 Å². The molecule has 2 rings (SSSR count). The minimum absolute atomic E-state index is 0.567. The quantitative estimate of drug-likeness (QED) is 0.736. The van der Waals surface area contributed by atoms with E-state index in [1.54, 1.807) is 0 Å². The molecule has 0 amide bonds. The van der Waals surface area contributed by atoms with E-state index in [0.717, 1.165) is 11.4 Å². The van der Waals surface area contributed by atoms with Crippen molar-refractivity contribution >= 4 is 16.5 Å². The maximum absolute atomic E-state index is 5.54. The summed E-state index contributed by atoms with van der Waals surface area (Å²) in [5, 5.41) is 9.59. The van der Waals surface area contributed by atoms with Crippen molar-refractivity contribution in [1.29, 1.82) is 0 Å². The van der Waals surface area contributed by atoms with Gasteiger partial charge in [-0.25, -0.2) is 0 Å². The van der Waals surface area contributed by atoms with Crippen molar-refractivity contribution in [2.75, 3.05) is 5.73 Å². The van der Waals surface area contributed by atoms with Crippen molar-refractivity contribution in [2.45, 2.75) is 25.2 Å². The van der Waals surface area contributed by atoms with Crippen LogP contribution in [-0.4, -0.2) is 10.2 Å². The molecule has 2 atom stereocenters. The van der Waals surface area contributed by atoms with Gasteiger partial charge in [-0.1, -0.05) is 17.4 Å². The molecule has 0 bridgehead atoms. The van der Waals surface area contributed by atoms with E-state index < -0.39 is 0 Å². The first-order chi connectivity index (χ1) is 6.29. The molecule has 1 aromatic heterocycles. The lowest BCUT2D eigenvalue weighted by Gasteiger charge is -2.02. The van der Waals surface area contributed by atoms with Gasteiger partial charge in [-0.15, -0.1) is 16.8 Å². The lowest BCUT2D eigenvalue weighted by Crippen LogP contribution is -1.92. The van der Waals surface area contributed by atoms with E-state index in [1.165, 1.54) is 24.2 Å². The molecule has 1 aliphatic carbocycles. The predicted molar refractivity (Wildman–Crippen MR) is 54.6 cm³/mol. The fourth-order valence-corrected chi connectivity index (χ4v) is 2.62. The molecule has 2 N–H and O–H groups in total. The molecule has 1 aromatic rings. The number of hydrogen-bond donors (Lipinski definition) is 1. The Kier molecular flexibility index (Phi) is 2.31. The van der Waals surface area contributed by atoms with Crippen LogP contribution in [0, 0.1) is 5.92 Å². The summed E-state index contributed by atoms with van der Waals surface area (Å²) in [6, 6.07) is 0. The lowest BCUT2D eigenvalue weighted by atomic mass is 10.1.